The lowest BCUT2D eigenvalue weighted by molar-refractivity contribution is 0.276. The Morgan fingerprint density at radius 1 is 1.47 bits per heavy atom. The second kappa shape index (κ2) is 6.26. The van der Waals surface area contributed by atoms with Crippen LogP contribution >= 0.6 is 11.3 Å². The Hall–Kier alpha value is -0.380. The van der Waals surface area contributed by atoms with E-state index in [2.05, 4.69) is 32.2 Å². The number of nitrogens with one attached hydrogen (secondary N) is 1. The quantitative estimate of drug-likeness (QED) is 0.783. The highest BCUT2D eigenvalue weighted by Gasteiger charge is 2.05. The molecule has 2 nitrogen and oxygen atoms in total. The van der Waals surface area contributed by atoms with Gasteiger partial charge in [0, 0.05) is 28.9 Å². The van der Waals surface area contributed by atoms with Crippen LogP contribution in [0.2, 0.25) is 0 Å². The molecular weight excluding hydrogens is 206 g/mol. The lowest BCUT2D eigenvalue weighted by atomic mass is 10.1. The molecule has 0 aliphatic carbocycles. The average molecular weight is 227 g/mol. The van der Waals surface area contributed by atoms with Crippen LogP contribution < -0.4 is 5.32 Å². The monoisotopic (exact) mass is 227 g/mol. The van der Waals surface area contributed by atoms with Crippen LogP contribution in [-0.2, 0) is 6.54 Å². The van der Waals surface area contributed by atoms with Crippen LogP contribution in [0.4, 0.5) is 0 Å². The highest BCUT2D eigenvalue weighted by atomic mass is 32.1. The maximum Gasteiger partial charge on any atom is 0.0431 e. The summed E-state index contributed by atoms with van der Waals surface area (Å²) in [6, 6.07) is 2.74. The summed E-state index contributed by atoms with van der Waals surface area (Å²) in [6.45, 7) is 7.74. The Kier molecular flexibility index (Phi) is 5.29. The van der Waals surface area contributed by atoms with Gasteiger partial charge in [0.1, 0.15) is 0 Å². The molecule has 1 rings (SSSR count). The zero-order valence-electron chi connectivity index (χ0n) is 9.84. The molecule has 86 valence electrons. The van der Waals surface area contributed by atoms with Crippen LogP contribution in [0.15, 0.2) is 6.07 Å². The molecule has 3 heteroatoms. The highest BCUT2D eigenvalue weighted by molar-refractivity contribution is 7.12. The second-order valence-corrected chi connectivity index (χ2v) is 5.55. The fourth-order valence-corrected chi connectivity index (χ4v) is 2.59. The molecule has 0 bridgehead atoms. The first-order valence-electron chi connectivity index (χ1n) is 5.53. The highest BCUT2D eigenvalue weighted by Crippen LogP contribution is 2.20. The third-order valence-electron chi connectivity index (χ3n) is 2.58. The molecule has 1 unspecified atom stereocenters. The van der Waals surface area contributed by atoms with Crippen LogP contribution in [0.25, 0.3) is 0 Å². The van der Waals surface area contributed by atoms with Gasteiger partial charge in [-0.05, 0) is 45.2 Å². The van der Waals surface area contributed by atoms with Crippen LogP contribution in [-0.4, -0.2) is 17.8 Å². The van der Waals surface area contributed by atoms with Gasteiger partial charge in [0.15, 0.2) is 0 Å². The van der Waals surface area contributed by atoms with Crippen LogP contribution in [0.5, 0.6) is 0 Å². The van der Waals surface area contributed by atoms with Crippen molar-refractivity contribution in [3.8, 4) is 0 Å². The van der Waals surface area contributed by atoms with Gasteiger partial charge in [0.25, 0.3) is 0 Å². The number of hydrogen-bond acceptors (Lipinski definition) is 3. The summed E-state index contributed by atoms with van der Waals surface area (Å²) in [6.07, 6.45) is 1.93. The summed E-state index contributed by atoms with van der Waals surface area (Å²) in [5.41, 5.74) is 1.41. The van der Waals surface area contributed by atoms with Crippen molar-refractivity contribution >= 4 is 11.3 Å². The molecule has 0 radical (unpaired) electrons. The molecule has 1 heterocycles. The Labute approximate surface area is 96.3 Å². The van der Waals surface area contributed by atoms with Crippen molar-refractivity contribution in [3.05, 3.63) is 21.4 Å². The normalized spacial score (nSPS) is 13.1. The molecule has 0 aromatic carbocycles. The molecule has 0 aliphatic heterocycles. The first-order valence-corrected chi connectivity index (χ1v) is 6.35. The maximum atomic E-state index is 8.72. The van der Waals surface area contributed by atoms with E-state index in [1.165, 1.54) is 15.3 Å². The fourth-order valence-electron chi connectivity index (χ4n) is 1.64. The summed E-state index contributed by atoms with van der Waals surface area (Å²) in [5.74, 6) is 0. The fraction of sp³-hybridized carbons (Fsp3) is 0.667. The molecule has 0 spiro atoms. The van der Waals surface area contributed by atoms with Gasteiger partial charge < -0.3 is 10.4 Å². The van der Waals surface area contributed by atoms with Crippen molar-refractivity contribution < 1.29 is 5.11 Å². The SMILES string of the molecule is Cc1cc(CNC(C)CCCO)c(C)s1. The van der Waals surface area contributed by atoms with Crippen molar-refractivity contribution in [2.24, 2.45) is 0 Å². The van der Waals surface area contributed by atoms with Crippen LogP contribution in [0, 0.1) is 13.8 Å². The van der Waals surface area contributed by atoms with Crippen LogP contribution in [0.3, 0.4) is 0 Å². The number of hydrogen-bond donors (Lipinski definition) is 2. The summed E-state index contributed by atoms with van der Waals surface area (Å²) < 4.78 is 0. The molecule has 15 heavy (non-hydrogen) atoms. The van der Waals surface area contributed by atoms with E-state index in [1.54, 1.807) is 0 Å². The lowest BCUT2D eigenvalue weighted by Gasteiger charge is -2.12. The molecular formula is C12H21NOS. The molecule has 1 aromatic rings. The number of aliphatic hydroxyl groups excluding tert-OH is 1. The van der Waals surface area contributed by atoms with Gasteiger partial charge in [-0.15, -0.1) is 11.3 Å². The largest absolute Gasteiger partial charge is 0.396 e. The number of rotatable bonds is 6. The average Bonchev–Trinajstić information content (AvgIpc) is 2.51. The van der Waals surface area contributed by atoms with Gasteiger partial charge in [0.05, 0.1) is 0 Å². The van der Waals surface area contributed by atoms with Crippen molar-refractivity contribution in [2.45, 2.75) is 46.2 Å². The zero-order valence-corrected chi connectivity index (χ0v) is 10.7. The van der Waals surface area contributed by atoms with Crippen molar-refractivity contribution in [1.29, 1.82) is 0 Å². The van der Waals surface area contributed by atoms with Crippen molar-refractivity contribution in [3.63, 3.8) is 0 Å². The topological polar surface area (TPSA) is 32.3 Å². The maximum absolute atomic E-state index is 8.72. The van der Waals surface area contributed by atoms with E-state index in [0.29, 0.717) is 12.6 Å². The third-order valence-corrected chi connectivity index (χ3v) is 3.59. The predicted octanol–water partition coefficient (Wildman–Crippen LogP) is 2.62. The summed E-state index contributed by atoms with van der Waals surface area (Å²) >= 11 is 1.86. The van der Waals surface area contributed by atoms with Gasteiger partial charge in [-0.3, -0.25) is 0 Å². The number of thiophene rings is 1. The molecule has 0 saturated heterocycles. The molecule has 0 saturated carbocycles. The van der Waals surface area contributed by atoms with E-state index in [0.717, 1.165) is 19.4 Å². The Morgan fingerprint density at radius 2 is 2.20 bits per heavy atom. The Bertz CT molecular complexity index is 296. The second-order valence-electron chi connectivity index (χ2n) is 4.09. The first kappa shape index (κ1) is 12.7. The lowest BCUT2D eigenvalue weighted by Crippen LogP contribution is -2.25. The van der Waals surface area contributed by atoms with Gasteiger partial charge in [-0.2, -0.15) is 0 Å². The first-order chi connectivity index (χ1) is 7.13. The number of aryl methyl sites for hydroxylation is 2. The minimum atomic E-state index is 0.294. The van der Waals surface area contributed by atoms with Crippen molar-refractivity contribution in [1.82, 2.24) is 5.32 Å². The summed E-state index contributed by atoms with van der Waals surface area (Å²) in [7, 11) is 0. The van der Waals surface area contributed by atoms with Gasteiger partial charge in [0.2, 0.25) is 0 Å². The number of aliphatic hydroxyl groups is 1. The summed E-state index contributed by atoms with van der Waals surface area (Å²) in [5, 5.41) is 12.2. The van der Waals surface area contributed by atoms with Gasteiger partial charge in [-0.1, -0.05) is 0 Å². The molecule has 1 aromatic heterocycles. The van der Waals surface area contributed by atoms with E-state index in [-0.39, 0.29) is 0 Å². The molecule has 0 fully saturated rings. The van der Waals surface area contributed by atoms with E-state index < -0.39 is 0 Å². The van der Waals surface area contributed by atoms with Crippen LogP contribution in [0.1, 0.15) is 35.1 Å². The molecule has 2 N–H and O–H groups in total. The van der Waals surface area contributed by atoms with Crippen molar-refractivity contribution in [2.75, 3.05) is 6.61 Å². The molecule has 1 atom stereocenters. The Balaban J connectivity index is 2.33. The van der Waals surface area contributed by atoms with Gasteiger partial charge in [-0.25, -0.2) is 0 Å². The summed E-state index contributed by atoms with van der Waals surface area (Å²) in [4.78, 5) is 2.79. The van der Waals surface area contributed by atoms with Gasteiger partial charge >= 0.3 is 0 Å². The smallest absolute Gasteiger partial charge is 0.0431 e. The Morgan fingerprint density at radius 3 is 2.73 bits per heavy atom. The zero-order chi connectivity index (χ0) is 11.3. The predicted molar refractivity (Wildman–Crippen MR) is 66.4 cm³/mol. The minimum absolute atomic E-state index is 0.294. The van der Waals surface area contributed by atoms with E-state index in [1.807, 2.05) is 11.3 Å². The third kappa shape index (κ3) is 4.33. The molecule has 0 aliphatic rings. The molecule has 0 amide bonds. The standard InChI is InChI=1S/C12H21NOS/c1-9(5-4-6-14)13-8-12-7-10(2)15-11(12)3/h7,9,13-14H,4-6,8H2,1-3H3. The van der Waals surface area contributed by atoms with E-state index >= 15 is 0 Å². The van der Waals surface area contributed by atoms with E-state index in [4.69, 9.17) is 5.11 Å². The van der Waals surface area contributed by atoms with E-state index in [9.17, 15) is 0 Å². The minimum Gasteiger partial charge on any atom is -0.396 e.